The van der Waals surface area contributed by atoms with Gasteiger partial charge < -0.3 is 19.7 Å². The largest absolute Gasteiger partial charge is 0.469 e. The van der Waals surface area contributed by atoms with Crippen LogP contribution in [0.5, 0.6) is 0 Å². The van der Waals surface area contributed by atoms with Gasteiger partial charge in [-0.15, -0.1) is 0 Å². The number of fused-ring (bicyclic) bond motifs is 1. The number of piperidine rings is 1. The van der Waals surface area contributed by atoms with E-state index in [-0.39, 0.29) is 48.2 Å². The van der Waals surface area contributed by atoms with E-state index in [0.29, 0.717) is 13.1 Å². The molecule has 12 heteroatoms. The summed E-state index contributed by atoms with van der Waals surface area (Å²) in [6.45, 7) is 0.653. The van der Waals surface area contributed by atoms with Crippen molar-refractivity contribution in [1.82, 2.24) is 5.32 Å². The molecule has 1 aliphatic carbocycles. The molecule has 0 spiro atoms. The maximum Gasteiger partial charge on any atom is 0.414 e. The number of cyclic esters (lactones) is 1. The predicted molar refractivity (Wildman–Crippen MR) is 107 cm³/mol. The Morgan fingerprint density at radius 3 is 2.39 bits per heavy atom. The average molecular weight is 478 g/mol. The predicted octanol–water partition coefficient (Wildman–Crippen LogP) is 2.07. The van der Waals surface area contributed by atoms with Gasteiger partial charge in [0.2, 0.25) is 0 Å². The zero-order valence-electron chi connectivity index (χ0n) is 16.3. The first-order valence-corrected chi connectivity index (χ1v) is 10.4. The van der Waals surface area contributed by atoms with Crippen molar-refractivity contribution >= 4 is 52.5 Å². The zero-order chi connectivity index (χ0) is 22.4. The van der Waals surface area contributed by atoms with Crippen LogP contribution >= 0.6 is 23.2 Å². The first kappa shape index (κ1) is 21.9. The number of nitrogens with one attached hydrogen (secondary N) is 1. The second-order valence-electron chi connectivity index (χ2n) is 7.70. The molecule has 3 fully saturated rings. The lowest BCUT2D eigenvalue weighted by molar-refractivity contribution is -0.142. The van der Waals surface area contributed by atoms with Crippen molar-refractivity contribution in [3.8, 4) is 0 Å². The highest BCUT2D eigenvalue weighted by Gasteiger charge is 2.60. The van der Waals surface area contributed by atoms with Crippen molar-refractivity contribution in [2.45, 2.75) is 10.9 Å². The molecule has 3 unspecified atom stereocenters. The van der Waals surface area contributed by atoms with Crippen molar-refractivity contribution in [3.05, 3.63) is 23.8 Å². The van der Waals surface area contributed by atoms with Gasteiger partial charge in [0.25, 0.3) is 5.91 Å². The maximum atomic E-state index is 14.8. The zero-order valence-corrected chi connectivity index (χ0v) is 17.8. The van der Waals surface area contributed by atoms with Crippen LogP contribution in [0.25, 0.3) is 0 Å². The third kappa shape index (κ3) is 4.10. The summed E-state index contributed by atoms with van der Waals surface area (Å²) in [6, 6.07) is 2.13. The summed E-state index contributed by atoms with van der Waals surface area (Å²) in [5, 5.41) is 2.42. The van der Waals surface area contributed by atoms with E-state index in [2.05, 4.69) is 5.32 Å². The first-order chi connectivity index (χ1) is 14.7. The topological polar surface area (TPSA) is 88.2 Å². The number of alkyl halides is 2. The molecule has 1 saturated carbocycles. The Bertz CT molecular complexity index is 899. The van der Waals surface area contributed by atoms with Gasteiger partial charge in [-0.05, 0) is 11.8 Å². The van der Waals surface area contributed by atoms with Crippen molar-refractivity contribution in [3.63, 3.8) is 0 Å². The smallest absolute Gasteiger partial charge is 0.414 e. The number of anilines is 2. The SMILES string of the molecule is COC(=O)C1C2CN(c3c(F)cc(N4CC(CNC(=O)C(Cl)Cl)OC4=O)cc3F)CC21. The van der Waals surface area contributed by atoms with Crippen LogP contribution in [-0.2, 0) is 19.1 Å². The van der Waals surface area contributed by atoms with Gasteiger partial charge in [0, 0.05) is 25.2 Å². The maximum absolute atomic E-state index is 14.8. The summed E-state index contributed by atoms with van der Waals surface area (Å²) in [4.78, 5) is 36.6. The van der Waals surface area contributed by atoms with Crippen LogP contribution in [-0.4, -0.2) is 62.2 Å². The fraction of sp³-hybridized carbons (Fsp3) is 0.526. The molecule has 0 aromatic heterocycles. The van der Waals surface area contributed by atoms with Gasteiger partial charge in [-0.2, -0.15) is 0 Å². The van der Waals surface area contributed by atoms with Gasteiger partial charge in [0.1, 0.15) is 11.8 Å². The fourth-order valence-electron chi connectivity index (χ4n) is 4.33. The standard InChI is InChI=1S/C19H19Cl2F2N3O5/c1-30-18(28)14-10-6-25(7-11(10)14)15-12(22)2-8(3-13(15)23)26-5-9(31-19(26)29)4-24-17(27)16(20)21/h2-3,9-11,14,16H,4-7H2,1H3,(H,24,27). The van der Waals surface area contributed by atoms with Gasteiger partial charge in [-0.3, -0.25) is 14.5 Å². The molecule has 1 aromatic rings. The summed E-state index contributed by atoms with van der Waals surface area (Å²) >= 11 is 10.9. The second-order valence-corrected chi connectivity index (χ2v) is 8.80. The number of rotatable bonds is 6. The number of esters is 1. The van der Waals surface area contributed by atoms with E-state index >= 15 is 0 Å². The normalized spacial score (nSPS) is 26.7. The fourth-order valence-corrected chi connectivity index (χ4v) is 4.49. The Hall–Kier alpha value is -2.33. The number of hydrogen-bond donors (Lipinski definition) is 1. The molecule has 0 bridgehead atoms. The number of nitrogens with zero attached hydrogens (tertiary/aromatic N) is 2. The Kier molecular flexibility index (Phi) is 5.87. The van der Waals surface area contributed by atoms with Crippen molar-refractivity contribution < 1.29 is 32.6 Å². The van der Waals surface area contributed by atoms with Crippen molar-refractivity contribution in [2.24, 2.45) is 17.8 Å². The second kappa shape index (κ2) is 8.31. The number of halogens is 4. The Morgan fingerprint density at radius 2 is 1.84 bits per heavy atom. The molecule has 3 atom stereocenters. The Labute approximate surface area is 186 Å². The highest BCUT2D eigenvalue weighted by molar-refractivity contribution is 6.53. The van der Waals surface area contributed by atoms with Crippen LogP contribution in [0.3, 0.4) is 0 Å². The molecular formula is C19H19Cl2F2N3O5. The van der Waals surface area contributed by atoms with Gasteiger partial charge in [-0.25, -0.2) is 13.6 Å². The van der Waals surface area contributed by atoms with E-state index in [1.807, 2.05) is 0 Å². The molecule has 4 rings (SSSR count). The average Bonchev–Trinajstić information content (AvgIpc) is 3.03. The molecule has 1 aromatic carbocycles. The minimum atomic E-state index is -1.26. The van der Waals surface area contributed by atoms with Gasteiger partial charge >= 0.3 is 12.1 Å². The summed E-state index contributed by atoms with van der Waals surface area (Å²) in [5.74, 6) is -2.73. The molecule has 2 amide bonds. The molecule has 31 heavy (non-hydrogen) atoms. The molecule has 1 N–H and O–H groups in total. The first-order valence-electron chi connectivity index (χ1n) is 9.57. The van der Waals surface area contributed by atoms with E-state index < -0.39 is 34.6 Å². The van der Waals surface area contributed by atoms with E-state index in [4.69, 9.17) is 32.7 Å². The number of benzene rings is 1. The molecule has 2 saturated heterocycles. The Morgan fingerprint density at radius 1 is 1.23 bits per heavy atom. The van der Waals surface area contributed by atoms with Crippen LogP contribution < -0.4 is 15.1 Å². The molecule has 0 radical (unpaired) electrons. The molecular weight excluding hydrogens is 459 g/mol. The number of amides is 2. The minimum absolute atomic E-state index is 0.00179. The van der Waals surface area contributed by atoms with E-state index in [9.17, 15) is 23.2 Å². The summed E-state index contributed by atoms with van der Waals surface area (Å²) in [7, 11) is 1.32. The lowest BCUT2D eigenvalue weighted by Gasteiger charge is -2.24. The number of hydrogen-bond acceptors (Lipinski definition) is 6. The molecule has 2 aliphatic heterocycles. The number of methoxy groups -OCH3 is 1. The van der Waals surface area contributed by atoms with Crippen LogP contribution in [0.2, 0.25) is 0 Å². The third-order valence-corrected chi connectivity index (χ3v) is 6.27. The van der Waals surface area contributed by atoms with E-state index in [1.165, 1.54) is 7.11 Å². The monoisotopic (exact) mass is 477 g/mol. The minimum Gasteiger partial charge on any atom is -0.469 e. The van der Waals surface area contributed by atoms with Gasteiger partial charge in [0.05, 0.1) is 31.8 Å². The molecule has 3 aliphatic rings. The van der Waals surface area contributed by atoms with E-state index in [0.717, 1.165) is 17.0 Å². The lowest BCUT2D eigenvalue weighted by Crippen LogP contribution is -2.37. The third-order valence-electron chi connectivity index (χ3n) is 5.87. The summed E-state index contributed by atoms with van der Waals surface area (Å²) in [5.41, 5.74) is -0.187. The summed E-state index contributed by atoms with van der Waals surface area (Å²) in [6.07, 6.45) is -1.52. The Balaban J connectivity index is 1.42. The number of carbonyl (C=O) groups excluding carboxylic acids is 3. The number of carbonyl (C=O) groups is 3. The molecule has 2 heterocycles. The molecule has 8 nitrogen and oxygen atoms in total. The highest BCUT2D eigenvalue weighted by Crippen LogP contribution is 2.53. The van der Waals surface area contributed by atoms with Crippen molar-refractivity contribution in [2.75, 3.05) is 43.1 Å². The highest BCUT2D eigenvalue weighted by atomic mass is 35.5. The molecule has 168 valence electrons. The van der Waals surface area contributed by atoms with Crippen molar-refractivity contribution in [1.29, 1.82) is 0 Å². The van der Waals surface area contributed by atoms with Crippen LogP contribution in [0.4, 0.5) is 25.0 Å². The van der Waals surface area contributed by atoms with Gasteiger partial charge in [0.15, 0.2) is 16.5 Å². The van der Waals surface area contributed by atoms with E-state index in [1.54, 1.807) is 4.90 Å². The quantitative estimate of drug-likeness (QED) is 0.498. The lowest BCUT2D eigenvalue weighted by atomic mass is 10.2. The van der Waals surface area contributed by atoms with Crippen LogP contribution in [0, 0.1) is 29.4 Å². The number of ether oxygens (including phenoxy) is 2. The summed E-state index contributed by atoms with van der Waals surface area (Å²) < 4.78 is 39.5. The van der Waals surface area contributed by atoms with Crippen LogP contribution in [0.15, 0.2) is 12.1 Å². The van der Waals surface area contributed by atoms with Gasteiger partial charge in [-0.1, -0.05) is 23.2 Å². The van der Waals surface area contributed by atoms with Crippen LogP contribution in [0.1, 0.15) is 0 Å².